The fraction of sp³-hybridized carbons (Fsp3) is 0.647. The van der Waals surface area contributed by atoms with Crippen LogP contribution in [0.1, 0.15) is 78.5 Å². The van der Waals surface area contributed by atoms with E-state index in [9.17, 15) is 9.59 Å². The van der Waals surface area contributed by atoms with Crippen LogP contribution < -0.4 is 0 Å². The lowest BCUT2D eigenvalue weighted by Gasteiger charge is -2.13. The summed E-state index contributed by atoms with van der Waals surface area (Å²) < 4.78 is 0. The average Bonchev–Trinajstić information content (AvgIpc) is 3.08. The molecule has 0 bridgehead atoms. The van der Waals surface area contributed by atoms with Crippen molar-refractivity contribution in [1.82, 2.24) is 4.90 Å². The quantitative estimate of drug-likeness (QED) is 0.497. The molecule has 1 aliphatic rings. The van der Waals surface area contributed by atoms with Crippen LogP contribution in [-0.4, -0.2) is 35.0 Å². The van der Waals surface area contributed by atoms with E-state index in [1.165, 1.54) is 41.9 Å². The highest BCUT2D eigenvalue weighted by molar-refractivity contribution is 7.08. The lowest BCUT2D eigenvalue weighted by atomic mass is 10.1. The van der Waals surface area contributed by atoms with Crippen LogP contribution in [0.25, 0.3) is 0 Å². The number of hydrogen-bond acceptors (Lipinski definition) is 4. The molecule has 1 N–H and O–H groups in total. The van der Waals surface area contributed by atoms with Gasteiger partial charge in [0.1, 0.15) is 0 Å². The molecule has 0 fully saturated rings. The van der Waals surface area contributed by atoms with Crippen LogP contribution >= 0.6 is 11.3 Å². The van der Waals surface area contributed by atoms with Crippen LogP contribution in [0.4, 0.5) is 0 Å². The molecule has 0 aliphatic carbocycles. The molecule has 0 spiro atoms. The van der Waals surface area contributed by atoms with Crippen LogP contribution in [0.15, 0.2) is 10.8 Å². The van der Waals surface area contributed by atoms with E-state index in [4.69, 9.17) is 5.11 Å². The standard InChI is InChI=1S/C17H25NO3S/c19-11-9-7-5-3-1-2-4-6-8-10-18-16(20)14-12-22-13-15(14)17(18)21/h12-13,19H,1-11H2. The molecule has 5 heteroatoms. The van der Waals surface area contributed by atoms with Crippen molar-refractivity contribution in [3.8, 4) is 0 Å². The second-order valence-corrected chi connectivity index (χ2v) is 6.61. The Morgan fingerprint density at radius 2 is 1.23 bits per heavy atom. The van der Waals surface area contributed by atoms with Gasteiger partial charge in [0, 0.05) is 23.9 Å². The van der Waals surface area contributed by atoms with Gasteiger partial charge in [-0.05, 0) is 12.8 Å². The smallest absolute Gasteiger partial charge is 0.262 e. The van der Waals surface area contributed by atoms with E-state index in [-0.39, 0.29) is 11.8 Å². The third kappa shape index (κ3) is 4.40. The normalized spacial score (nSPS) is 14.0. The predicted octanol–water partition coefficient (Wildman–Crippen LogP) is 3.85. The van der Waals surface area contributed by atoms with Crippen molar-refractivity contribution in [3.63, 3.8) is 0 Å². The number of imide groups is 1. The van der Waals surface area contributed by atoms with Crippen molar-refractivity contribution < 1.29 is 14.7 Å². The number of hydrogen-bond donors (Lipinski definition) is 1. The summed E-state index contributed by atoms with van der Waals surface area (Å²) >= 11 is 1.41. The van der Waals surface area contributed by atoms with Crippen LogP contribution in [0, 0.1) is 0 Å². The summed E-state index contributed by atoms with van der Waals surface area (Å²) in [5.74, 6) is -0.240. The molecule has 2 amide bonds. The van der Waals surface area contributed by atoms with Crippen LogP contribution in [0.5, 0.6) is 0 Å². The van der Waals surface area contributed by atoms with Crippen molar-refractivity contribution >= 4 is 23.2 Å². The zero-order valence-corrected chi connectivity index (χ0v) is 13.9. The Balaban J connectivity index is 1.52. The number of thiophene rings is 1. The predicted molar refractivity (Wildman–Crippen MR) is 88.3 cm³/mol. The molecule has 2 rings (SSSR count). The van der Waals surface area contributed by atoms with E-state index in [0.29, 0.717) is 24.3 Å². The molecule has 0 saturated carbocycles. The number of aliphatic hydroxyl groups excluding tert-OH is 1. The summed E-state index contributed by atoms with van der Waals surface area (Å²) in [7, 11) is 0. The molecule has 0 atom stereocenters. The van der Waals surface area contributed by atoms with Crippen molar-refractivity contribution in [1.29, 1.82) is 0 Å². The Labute approximate surface area is 136 Å². The van der Waals surface area contributed by atoms with Gasteiger partial charge in [-0.15, -0.1) is 0 Å². The summed E-state index contributed by atoms with van der Waals surface area (Å²) in [6, 6.07) is 0. The Hall–Kier alpha value is -1.20. The number of fused-ring (bicyclic) bond motifs is 1. The lowest BCUT2D eigenvalue weighted by molar-refractivity contribution is 0.0651. The van der Waals surface area contributed by atoms with E-state index in [2.05, 4.69) is 0 Å². The molecule has 22 heavy (non-hydrogen) atoms. The minimum absolute atomic E-state index is 0.120. The molecule has 0 radical (unpaired) electrons. The second-order valence-electron chi connectivity index (χ2n) is 5.87. The molecule has 1 aromatic rings. The van der Waals surface area contributed by atoms with Crippen molar-refractivity contribution in [2.75, 3.05) is 13.2 Å². The Kier molecular flexibility index (Phi) is 7.06. The first-order chi connectivity index (χ1) is 10.8. The summed E-state index contributed by atoms with van der Waals surface area (Å²) in [6.07, 6.45) is 10.1. The first-order valence-electron chi connectivity index (χ1n) is 8.29. The minimum Gasteiger partial charge on any atom is -0.396 e. The molecule has 0 aromatic carbocycles. The number of amides is 2. The summed E-state index contributed by atoms with van der Waals surface area (Å²) in [5.41, 5.74) is 1.16. The van der Waals surface area contributed by atoms with Gasteiger partial charge >= 0.3 is 0 Å². The Morgan fingerprint density at radius 3 is 1.73 bits per heavy atom. The van der Waals surface area contributed by atoms with Crippen LogP contribution in [0.2, 0.25) is 0 Å². The van der Waals surface area contributed by atoms with Gasteiger partial charge in [-0.25, -0.2) is 0 Å². The van der Waals surface area contributed by atoms with Crippen molar-refractivity contribution in [2.24, 2.45) is 0 Å². The molecule has 0 unspecified atom stereocenters. The lowest BCUT2D eigenvalue weighted by Crippen LogP contribution is -2.30. The highest BCUT2D eigenvalue weighted by Crippen LogP contribution is 2.26. The van der Waals surface area contributed by atoms with Gasteiger partial charge in [-0.2, -0.15) is 11.3 Å². The van der Waals surface area contributed by atoms with Crippen LogP contribution in [-0.2, 0) is 0 Å². The Morgan fingerprint density at radius 1 is 0.773 bits per heavy atom. The molecular weight excluding hydrogens is 298 g/mol. The van der Waals surface area contributed by atoms with Gasteiger partial charge in [-0.3, -0.25) is 14.5 Å². The highest BCUT2D eigenvalue weighted by atomic mass is 32.1. The van der Waals surface area contributed by atoms with Gasteiger partial charge in [-0.1, -0.05) is 44.9 Å². The molecule has 4 nitrogen and oxygen atoms in total. The maximum atomic E-state index is 12.1. The SMILES string of the molecule is O=C1c2cscc2C(=O)N1CCCCCCCCCCCO. The van der Waals surface area contributed by atoms with Gasteiger partial charge in [0.05, 0.1) is 11.1 Å². The third-order valence-electron chi connectivity index (χ3n) is 4.15. The zero-order chi connectivity index (χ0) is 15.8. The maximum absolute atomic E-state index is 12.1. The number of aliphatic hydroxyl groups is 1. The molecule has 2 heterocycles. The first-order valence-corrected chi connectivity index (χ1v) is 9.23. The molecule has 1 aliphatic heterocycles. The van der Waals surface area contributed by atoms with E-state index in [0.717, 1.165) is 32.1 Å². The third-order valence-corrected chi connectivity index (χ3v) is 4.90. The molecule has 0 saturated heterocycles. The Bertz CT molecular complexity index is 467. The van der Waals surface area contributed by atoms with Gasteiger partial charge < -0.3 is 5.11 Å². The van der Waals surface area contributed by atoms with E-state index in [1.54, 1.807) is 10.8 Å². The molecule has 1 aromatic heterocycles. The fourth-order valence-corrected chi connectivity index (χ4v) is 3.63. The van der Waals surface area contributed by atoms with E-state index >= 15 is 0 Å². The number of carbonyl (C=O) groups excluding carboxylic acids is 2. The number of carbonyl (C=O) groups is 2. The van der Waals surface area contributed by atoms with Gasteiger partial charge in [0.15, 0.2) is 0 Å². The number of unbranched alkanes of at least 4 members (excludes halogenated alkanes) is 8. The largest absolute Gasteiger partial charge is 0.396 e. The van der Waals surface area contributed by atoms with Crippen molar-refractivity contribution in [2.45, 2.75) is 57.8 Å². The first kappa shape index (κ1) is 17.2. The van der Waals surface area contributed by atoms with Crippen LogP contribution in [0.3, 0.4) is 0 Å². The van der Waals surface area contributed by atoms with E-state index in [1.807, 2.05) is 0 Å². The van der Waals surface area contributed by atoms with Gasteiger partial charge in [0.2, 0.25) is 0 Å². The zero-order valence-electron chi connectivity index (χ0n) is 13.1. The summed E-state index contributed by atoms with van der Waals surface area (Å²) in [6.45, 7) is 0.855. The van der Waals surface area contributed by atoms with Gasteiger partial charge in [0.25, 0.3) is 11.8 Å². The topological polar surface area (TPSA) is 57.6 Å². The average molecular weight is 323 g/mol. The summed E-state index contributed by atoms with van der Waals surface area (Å²) in [4.78, 5) is 25.5. The highest BCUT2D eigenvalue weighted by Gasteiger charge is 2.35. The van der Waals surface area contributed by atoms with Crippen molar-refractivity contribution in [3.05, 3.63) is 21.9 Å². The monoisotopic (exact) mass is 323 g/mol. The maximum Gasteiger partial charge on any atom is 0.262 e. The number of nitrogens with zero attached hydrogens (tertiary/aromatic N) is 1. The second kappa shape index (κ2) is 9.06. The fourth-order valence-electron chi connectivity index (χ4n) is 2.83. The van der Waals surface area contributed by atoms with E-state index < -0.39 is 0 Å². The molecular formula is C17H25NO3S. The molecule has 122 valence electrons. The minimum atomic E-state index is -0.120. The summed E-state index contributed by atoms with van der Waals surface area (Å²) in [5, 5.41) is 12.2. The number of rotatable bonds is 11.